The molecule has 0 radical (unpaired) electrons. The minimum atomic E-state index is -0.427. The summed E-state index contributed by atoms with van der Waals surface area (Å²) in [6.07, 6.45) is 0. The Morgan fingerprint density at radius 3 is 2.13 bits per heavy atom. The van der Waals surface area contributed by atoms with Crippen molar-refractivity contribution in [3.63, 3.8) is 0 Å². The van der Waals surface area contributed by atoms with E-state index in [9.17, 15) is 4.79 Å². The van der Waals surface area contributed by atoms with Crippen LogP contribution in [0.5, 0.6) is 5.75 Å². The Morgan fingerprint density at radius 1 is 0.900 bits per heavy atom. The first-order valence-electron chi connectivity index (χ1n) is 9.59. The van der Waals surface area contributed by atoms with Crippen LogP contribution in [0.15, 0.2) is 89.3 Å². The molecule has 0 spiro atoms. The monoisotopic (exact) mass is 399 g/mol. The topological polar surface area (TPSA) is 77.3 Å². The maximum absolute atomic E-state index is 13.1. The summed E-state index contributed by atoms with van der Waals surface area (Å²) in [6.45, 7) is 0.136. The zero-order valence-electron chi connectivity index (χ0n) is 16.5. The van der Waals surface area contributed by atoms with Crippen LogP contribution < -0.4 is 10.1 Å². The van der Waals surface area contributed by atoms with Crippen LogP contribution in [0, 0.1) is 0 Å². The van der Waals surface area contributed by atoms with Crippen molar-refractivity contribution in [2.24, 2.45) is 0 Å². The van der Waals surface area contributed by atoms with Crippen molar-refractivity contribution in [1.82, 2.24) is 15.5 Å². The van der Waals surface area contributed by atoms with Crippen molar-refractivity contribution in [3.05, 3.63) is 102 Å². The first-order valence-corrected chi connectivity index (χ1v) is 9.59. The SMILES string of the molecule is COc1ccccc1-c1nnc(CNC(=O)C(c2ccccc2)c2ccccc2)o1. The smallest absolute Gasteiger partial charge is 0.251 e. The van der Waals surface area contributed by atoms with E-state index >= 15 is 0 Å². The van der Waals surface area contributed by atoms with Crippen molar-refractivity contribution in [3.8, 4) is 17.2 Å². The molecule has 1 N–H and O–H groups in total. The van der Waals surface area contributed by atoms with Gasteiger partial charge in [-0.25, -0.2) is 0 Å². The van der Waals surface area contributed by atoms with Crippen LogP contribution in [0.3, 0.4) is 0 Å². The molecule has 0 aliphatic rings. The van der Waals surface area contributed by atoms with Crippen LogP contribution >= 0.6 is 0 Å². The zero-order valence-corrected chi connectivity index (χ0v) is 16.5. The first kappa shape index (κ1) is 19.4. The van der Waals surface area contributed by atoms with E-state index < -0.39 is 5.92 Å². The molecule has 0 aliphatic heterocycles. The molecule has 0 aliphatic carbocycles. The number of ether oxygens (including phenoxy) is 1. The molecule has 4 aromatic rings. The van der Waals surface area contributed by atoms with Gasteiger partial charge in [-0.1, -0.05) is 72.8 Å². The average Bonchev–Trinajstić information content (AvgIpc) is 3.28. The summed E-state index contributed by atoms with van der Waals surface area (Å²) < 4.78 is 11.1. The number of carbonyl (C=O) groups is 1. The number of amides is 1. The predicted molar refractivity (Wildman–Crippen MR) is 113 cm³/mol. The van der Waals surface area contributed by atoms with Gasteiger partial charge in [0.05, 0.1) is 25.1 Å². The van der Waals surface area contributed by atoms with Gasteiger partial charge in [-0.05, 0) is 23.3 Å². The van der Waals surface area contributed by atoms with Crippen LogP contribution in [0.1, 0.15) is 22.9 Å². The number of hydrogen-bond acceptors (Lipinski definition) is 5. The van der Waals surface area contributed by atoms with Crippen molar-refractivity contribution in [2.75, 3.05) is 7.11 Å². The van der Waals surface area contributed by atoms with Gasteiger partial charge in [0.2, 0.25) is 11.8 Å². The maximum atomic E-state index is 13.1. The Hall–Kier alpha value is -3.93. The summed E-state index contributed by atoms with van der Waals surface area (Å²) in [6, 6.07) is 26.8. The van der Waals surface area contributed by atoms with Gasteiger partial charge < -0.3 is 14.5 Å². The molecule has 6 heteroatoms. The molecule has 30 heavy (non-hydrogen) atoms. The van der Waals surface area contributed by atoms with Crippen molar-refractivity contribution < 1.29 is 13.9 Å². The highest BCUT2D eigenvalue weighted by Gasteiger charge is 2.23. The van der Waals surface area contributed by atoms with Gasteiger partial charge in [0.25, 0.3) is 5.89 Å². The second-order valence-electron chi connectivity index (χ2n) is 6.67. The van der Waals surface area contributed by atoms with Crippen molar-refractivity contribution in [2.45, 2.75) is 12.5 Å². The quantitative estimate of drug-likeness (QED) is 0.504. The second-order valence-corrected chi connectivity index (χ2v) is 6.67. The van der Waals surface area contributed by atoms with E-state index in [1.165, 1.54) is 0 Å². The number of benzene rings is 3. The third-order valence-electron chi connectivity index (χ3n) is 4.75. The van der Waals surface area contributed by atoms with Gasteiger partial charge in [-0.3, -0.25) is 4.79 Å². The molecule has 3 aromatic carbocycles. The number of aromatic nitrogens is 2. The molecule has 4 rings (SSSR count). The lowest BCUT2D eigenvalue weighted by atomic mass is 9.90. The Morgan fingerprint density at radius 2 is 1.50 bits per heavy atom. The Bertz CT molecular complexity index is 1070. The number of methoxy groups -OCH3 is 1. The molecular weight excluding hydrogens is 378 g/mol. The second kappa shape index (κ2) is 9.05. The number of nitrogens with zero attached hydrogens (tertiary/aromatic N) is 2. The minimum absolute atomic E-state index is 0.135. The number of rotatable bonds is 7. The number of hydrogen-bond donors (Lipinski definition) is 1. The van der Waals surface area contributed by atoms with E-state index in [2.05, 4.69) is 15.5 Å². The van der Waals surface area contributed by atoms with Crippen molar-refractivity contribution in [1.29, 1.82) is 0 Å². The summed E-state index contributed by atoms with van der Waals surface area (Å²) in [7, 11) is 1.59. The third-order valence-corrected chi connectivity index (χ3v) is 4.75. The molecule has 0 fully saturated rings. The van der Waals surface area contributed by atoms with Gasteiger partial charge in [-0.2, -0.15) is 0 Å². The fourth-order valence-corrected chi connectivity index (χ4v) is 3.31. The van der Waals surface area contributed by atoms with Gasteiger partial charge in [0, 0.05) is 0 Å². The predicted octanol–water partition coefficient (Wildman–Crippen LogP) is 4.19. The van der Waals surface area contributed by atoms with E-state index in [1.807, 2.05) is 84.9 Å². The van der Waals surface area contributed by atoms with Crippen LogP contribution in [-0.2, 0) is 11.3 Å². The van der Waals surface area contributed by atoms with Crippen LogP contribution in [-0.4, -0.2) is 23.2 Å². The highest BCUT2D eigenvalue weighted by molar-refractivity contribution is 5.87. The average molecular weight is 399 g/mol. The lowest BCUT2D eigenvalue weighted by Gasteiger charge is -2.17. The fourth-order valence-electron chi connectivity index (χ4n) is 3.31. The third kappa shape index (κ3) is 4.22. The van der Waals surface area contributed by atoms with E-state index in [0.717, 1.165) is 11.1 Å². The molecule has 0 saturated carbocycles. The number of carbonyl (C=O) groups excluding carboxylic acids is 1. The van der Waals surface area contributed by atoms with Crippen molar-refractivity contribution >= 4 is 5.91 Å². The Kier molecular flexibility index (Phi) is 5.85. The van der Waals surface area contributed by atoms with Crippen LogP contribution in [0.25, 0.3) is 11.5 Å². The zero-order chi connectivity index (χ0) is 20.8. The van der Waals surface area contributed by atoms with E-state index in [4.69, 9.17) is 9.15 Å². The summed E-state index contributed by atoms with van der Waals surface area (Å²) in [4.78, 5) is 13.1. The Labute approximate surface area is 174 Å². The largest absolute Gasteiger partial charge is 0.496 e. The lowest BCUT2D eigenvalue weighted by molar-refractivity contribution is -0.122. The normalized spacial score (nSPS) is 10.7. The van der Waals surface area contributed by atoms with E-state index in [1.54, 1.807) is 7.11 Å². The standard InChI is InChI=1S/C24H21N3O3/c1-29-20-15-9-8-14-19(20)24-27-26-21(30-24)16-25-23(28)22(17-10-4-2-5-11-17)18-12-6-3-7-13-18/h2-15,22H,16H2,1H3,(H,25,28). The maximum Gasteiger partial charge on any atom is 0.251 e. The van der Waals surface area contributed by atoms with Crippen LogP contribution in [0.4, 0.5) is 0 Å². The molecule has 6 nitrogen and oxygen atoms in total. The molecule has 0 atom stereocenters. The molecule has 0 bridgehead atoms. The minimum Gasteiger partial charge on any atom is -0.496 e. The van der Waals surface area contributed by atoms with Crippen LogP contribution in [0.2, 0.25) is 0 Å². The summed E-state index contributed by atoms with van der Waals surface area (Å²) in [5, 5.41) is 11.1. The van der Waals surface area contributed by atoms with E-state index in [0.29, 0.717) is 23.1 Å². The van der Waals surface area contributed by atoms with Gasteiger partial charge >= 0.3 is 0 Å². The molecule has 1 aromatic heterocycles. The number of para-hydroxylation sites is 1. The van der Waals surface area contributed by atoms with Gasteiger partial charge in [0.1, 0.15) is 5.75 Å². The van der Waals surface area contributed by atoms with E-state index in [-0.39, 0.29) is 12.5 Å². The first-order chi connectivity index (χ1) is 14.8. The summed E-state index contributed by atoms with van der Waals surface area (Å²) in [5.41, 5.74) is 2.54. The van der Waals surface area contributed by atoms with Gasteiger partial charge in [0.15, 0.2) is 0 Å². The Balaban J connectivity index is 1.51. The number of nitrogens with one attached hydrogen (secondary N) is 1. The fraction of sp³-hybridized carbons (Fsp3) is 0.125. The highest BCUT2D eigenvalue weighted by Crippen LogP contribution is 2.28. The highest BCUT2D eigenvalue weighted by atomic mass is 16.5. The molecule has 0 saturated heterocycles. The molecule has 0 unspecified atom stereocenters. The summed E-state index contributed by atoms with van der Waals surface area (Å²) in [5.74, 6) is 0.752. The molecular formula is C24H21N3O3. The molecule has 150 valence electrons. The lowest BCUT2D eigenvalue weighted by Crippen LogP contribution is -2.29. The molecule has 1 heterocycles. The van der Waals surface area contributed by atoms with Gasteiger partial charge in [-0.15, -0.1) is 10.2 Å². The summed E-state index contributed by atoms with van der Waals surface area (Å²) >= 11 is 0. The molecule has 1 amide bonds.